The maximum atomic E-state index is 12.4. The van der Waals surface area contributed by atoms with Gasteiger partial charge in [0.25, 0.3) is 0 Å². The number of hydrogen-bond acceptors (Lipinski definition) is 4. The minimum absolute atomic E-state index is 0.0332. The summed E-state index contributed by atoms with van der Waals surface area (Å²) in [5.41, 5.74) is 8.01. The van der Waals surface area contributed by atoms with Gasteiger partial charge in [-0.2, -0.15) is 0 Å². The first-order chi connectivity index (χ1) is 16.7. The molecule has 0 spiro atoms. The number of nitrogens with one attached hydrogen (secondary N) is 2. The largest absolute Gasteiger partial charge is 0.317 e. The number of carbonyl (C=O) groups excluding carboxylic acids is 2. The number of likely N-dealkylation sites (tertiary alicyclic amines) is 1. The van der Waals surface area contributed by atoms with E-state index in [4.69, 9.17) is 0 Å². The summed E-state index contributed by atoms with van der Waals surface area (Å²) in [6.07, 6.45) is 8.43. The molecule has 2 saturated heterocycles. The zero-order chi connectivity index (χ0) is 23.3. The summed E-state index contributed by atoms with van der Waals surface area (Å²) in [5.74, 6) is -0.281. The molecular weight excluding hydrogens is 422 g/mol. The molecule has 0 atom stereocenters. The number of carbonyl (C=O) groups is 2. The number of imide groups is 1. The fourth-order valence-electron chi connectivity index (χ4n) is 5.39. The van der Waals surface area contributed by atoms with E-state index in [-0.39, 0.29) is 17.7 Å². The first kappa shape index (κ1) is 22.8. The number of benzene rings is 2. The molecule has 5 rings (SSSR count). The van der Waals surface area contributed by atoms with Gasteiger partial charge in [-0.15, -0.1) is 0 Å². The van der Waals surface area contributed by atoms with Gasteiger partial charge in [-0.1, -0.05) is 66.3 Å². The molecular formula is C29H33N3O2. The van der Waals surface area contributed by atoms with Crippen molar-refractivity contribution in [3.63, 3.8) is 0 Å². The second kappa shape index (κ2) is 10.5. The first-order valence-electron chi connectivity index (χ1n) is 12.5. The number of piperidine rings is 2. The second-order valence-electron chi connectivity index (χ2n) is 9.51. The lowest BCUT2D eigenvalue weighted by atomic mass is 9.86. The zero-order valence-electron chi connectivity index (χ0n) is 19.7. The highest BCUT2D eigenvalue weighted by Gasteiger charge is 2.24. The maximum Gasteiger partial charge on any atom is 0.229 e. The van der Waals surface area contributed by atoms with E-state index in [0.717, 1.165) is 51.9 Å². The van der Waals surface area contributed by atoms with Crippen LogP contribution in [0.5, 0.6) is 0 Å². The molecule has 5 nitrogen and oxygen atoms in total. The summed E-state index contributed by atoms with van der Waals surface area (Å²) < 4.78 is 0. The van der Waals surface area contributed by atoms with Crippen LogP contribution in [-0.4, -0.2) is 49.4 Å². The van der Waals surface area contributed by atoms with Gasteiger partial charge in [0.1, 0.15) is 0 Å². The quantitative estimate of drug-likeness (QED) is 0.622. The third-order valence-electron chi connectivity index (χ3n) is 7.34. The molecule has 0 aromatic heterocycles. The molecule has 2 N–H and O–H groups in total. The van der Waals surface area contributed by atoms with Crippen molar-refractivity contribution in [1.82, 2.24) is 15.5 Å². The van der Waals surface area contributed by atoms with E-state index in [9.17, 15) is 9.59 Å². The Morgan fingerprint density at radius 2 is 1.47 bits per heavy atom. The second-order valence-corrected chi connectivity index (χ2v) is 9.51. The van der Waals surface area contributed by atoms with E-state index in [1.807, 2.05) is 0 Å². The Balaban J connectivity index is 1.23. The third-order valence-corrected chi connectivity index (χ3v) is 7.34. The summed E-state index contributed by atoms with van der Waals surface area (Å²) in [4.78, 5) is 27.0. The van der Waals surface area contributed by atoms with Gasteiger partial charge in [0.2, 0.25) is 11.8 Å². The SMILES string of the molecule is O=C(CCN1CCC(=C2c3ccccc3C=Cc3ccccc32)CC1)NC(=O)C1CCNCC1. The van der Waals surface area contributed by atoms with Gasteiger partial charge in [0.15, 0.2) is 0 Å². The first-order valence-corrected chi connectivity index (χ1v) is 12.5. The summed E-state index contributed by atoms with van der Waals surface area (Å²) in [6.45, 7) is 4.27. The van der Waals surface area contributed by atoms with Crippen LogP contribution in [0.15, 0.2) is 54.1 Å². The molecule has 2 aromatic carbocycles. The Bertz CT molecular complexity index is 1070. The predicted octanol–water partition coefficient (Wildman–Crippen LogP) is 4.10. The highest BCUT2D eigenvalue weighted by Crippen LogP contribution is 2.38. The Morgan fingerprint density at radius 3 is 2.09 bits per heavy atom. The van der Waals surface area contributed by atoms with Crippen LogP contribution in [0.4, 0.5) is 0 Å². The number of nitrogens with zero attached hydrogens (tertiary/aromatic N) is 1. The van der Waals surface area contributed by atoms with Gasteiger partial charge in [0, 0.05) is 32.0 Å². The van der Waals surface area contributed by atoms with Gasteiger partial charge < -0.3 is 10.2 Å². The Hall–Kier alpha value is -3.02. The van der Waals surface area contributed by atoms with Crippen LogP contribution in [-0.2, 0) is 9.59 Å². The summed E-state index contributed by atoms with van der Waals surface area (Å²) >= 11 is 0. The number of fused-ring (bicyclic) bond motifs is 2. The number of rotatable bonds is 4. The fraction of sp³-hybridized carbons (Fsp3) is 0.379. The molecule has 2 fully saturated rings. The van der Waals surface area contributed by atoms with Crippen LogP contribution in [0.1, 0.15) is 54.4 Å². The van der Waals surface area contributed by atoms with Crippen molar-refractivity contribution in [1.29, 1.82) is 0 Å². The molecule has 176 valence electrons. The normalized spacial score (nSPS) is 18.7. The topological polar surface area (TPSA) is 61.4 Å². The lowest BCUT2D eigenvalue weighted by molar-refractivity contribution is -0.133. The van der Waals surface area contributed by atoms with Crippen LogP contribution in [0.2, 0.25) is 0 Å². The average molecular weight is 456 g/mol. The van der Waals surface area contributed by atoms with Crippen LogP contribution in [0.3, 0.4) is 0 Å². The zero-order valence-corrected chi connectivity index (χ0v) is 19.7. The molecule has 2 amide bonds. The van der Waals surface area contributed by atoms with Crippen molar-refractivity contribution in [2.24, 2.45) is 5.92 Å². The molecule has 2 heterocycles. The summed E-state index contributed by atoms with van der Waals surface area (Å²) in [7, 11) is 0. The van der Waals surface area contributed by atoms with Crippen LogP contribution < -0.4 is 10.6 Å². The highest BCUT2D eigenvalue weighted by molar-refractivity contribution is 5.96. The average Bonchev–Trinajstić information content (AvgIpc) is 3.05. The monoisotopic (exact) mass is 455 g/mol. The molecule has 2 aromatic rings. The van der Waals surface area contributed by atoms with Gasteiger partial charge in [-0.05, 0) is 66.6 Å². The van der Waals surface area contributed by atoms with Crippen LogP contribution >= 0.6 is 0 Å². The van der Waals surface area contributed by atoms with E-state index < -0.39 is 0 Å². The molecule has 0 unspecified atom stereocenters. The van der Waals surface area contributed by atoms with Crippen molar-refractivity contribution < 1.29 is 9.59 Å². The van der Waals surface area contributed by atoms with Crippen molar-refractivity contribution in [3.8, 4) is 0 Å². The molecule has 34 heavy (non-hydrogen) atoms. The van der Waals surface area contributed by atoms with Crippen molar-refractivity contribution in [2.45, 2.75) is 32.1 Å². The maximum absolute atomic E-state index is 12.4. The minimum atomic E-state index is -0.148. The fourth-order valence-corrected chi connectivity index (χ4v) is 5.39. The number of amides is 2. The standard InChI is InChI=1S/C29H33N3O2/c33-27(31-29(34)24-11-16-30-17-12-24)15-20-32-18-13-23(14-19-32)28-25-7-3-1-5-21(25)9-10-22-6-2-4-8-26(22)28/h1-10,24,30H,11-20H2,(H,31,33,34). The lowest BCUT2D eigenvalue weighted by Gasteiger charge is -2.30. The molecule has 2 aliphatic heterocycles. The predicted molar refractivity (Wildman–Crippen MR) is 137 cm³/mol. The van der Waals surface area contributed by atoms with Crippen LogP contribution in [0.25, 0.3) is 17.7 Å². The van der Waals surface area contributed by atoms with E-state index in [1.54, 1.807) is 0 Å². The Labute approximate surface area is 201 Å². The summed E-state index contributed by atoms with van der Waals surface area (Å²) in [6, 6.07) is 17.3. The van der Waals surface area contributed by atoms with Gasteiger partial charge in [0.05, 0.1) is 0 Å². The summed E-state index contributed by atoms with van der Waals surface area (Å²) in [5, 5.41) is 5.88. The number of hydrogen-bond donors (Lipinski definition) is 2. The molecule has 1 aliphatic carbocycles. The third kappa shape index (κ3) is 5.06. The van der Waals surface area contributed by atoms with E-state index >= 15 is 0 Å². The Kier molecular flexibility index (Phi) is 7.02. The highest BCUT2D eigenvalue weighted by atomic mass is 16.2. The van der Waals surface area contributed by atoms with Gasteiger partial charge in [-0.25, -0.2) is 0 Å². The van der Waals surface area contributed by atoms with E-state index in [2.05, 4.69) is 76.2 Å². The van der Waals surface area contributed by atoms with Crippen molar-refractivity contribution in [2.75, 3.05) is 32.7 Å². The molecule has 5 heteroatoms. The smallest absolute Gasteiger partial charge is 0.229 e. The van der Waals surface area contributed by atoms with Crippen LogP contribution in [0, 0.1) is 5.92 Å². The van der Waals surface area contributed by atoms with E-state index in [1.165, 1.54) is 33.4 Å². The molecule has 3 aliphatic rings. The molecule has 0 radical (unpaired) electrons. The molecule has 0 bridgehead atoms. The lowest BCUT2D eigenvalue weighted by Crippen LogP contribution is -2.42. The van der Waals surface area contributed by atoms with E-state index in [0.29, 0.717) is 13.0 Å². The Morgan fingerprint density at radius 1 is 0.882 bits per heavy atom. The molecule has 0 saturated carbocycles. The van der Waals surface area contributed by atoms with Gasteiger partial charge in [-0.3, -0.25) is 14.9 Å². The van der Waals surface area contributed by atoms with Crippen molar-refractivity contribution in [3.05, 3.63) is 76.4 Å². The minimum Gasteiger partial charge on any atom is -0.317 e. The van der Waals surface area contributed by atoms with Gasteiger partial charge >= 0.3 is 0 Å². The van der Waals surface area contributed by atoms with Crippen molar-refractivity contribution >= 4 is 29.5 Å².